The second-order valence-electron chi connectivity index (χ2n) is 6.31. The first-order valence-corrected chi connectivity index (χ1v) is 9.33. The largest absolute Gasteiger partial charge is 0.382 e. The third-order valence-corrected chi connectivity index (χ3v) is 4.03. The zero-order valence-corrected chi connectivity index (χ0v) is 15.8. The van der Waals surface area contributed by atoms with Crippen LogP contribution in [0.2, 0.25) is 0 Å². The third-order valence-electron chi connectivity index (χ3n) is 4.03. The molecule has 0 aliphatic rings. The Labute approximate surface area is 148 Å². The summed E-state index contributed by atoms with van der Waals surface area (Å²) >= 11 is 0. The Morgan fingerprint density at radius 2 is 1.83 bits per heavy atom. The maximum absolute atomic E-state index is 5.37. The topological polar surface area (TPSA) is 45.7 Å². The minimum Gasteiger partial charge on any atom is -0.382 e. The van der Waals surface area contributed by atoms with Crippen LogP contribution in [0.15, 0.2) is 35.3 Å². The first kappa shape index (κ1) is 20.5. The van der Waals surface area contributed by atoms with E-state index in [1.165, 1.54) is 5.56 Å². The fraction of sp³-hybridized carbons (Fsp3) is 0.650. The van der Waals surface area contributed by atoms with Gasteiger partial charge < -0.3 is 15.4 Å². The normalized spacial score (nSPS) is 13.1. The molecule has 4 nitrogen and oxygen atoms in total. The number of hydrogen-bond acceptors (Lipinski definition) is 2. The molecular weight excluding hydrogens is 298 g/mol. The second-order valence-corrected chi connectivity index (χ2v) is 6.31. The van der Waals surface area contributed by atoms with Gasteiger partial charge in [-0.15, -0.1) is 0 Å². The molecular formula is C20H35N3O. The molecule has 0 saturated carbocycles. The van der Waals surface area contributed by atoms with Crippen molar-refractivity contribution >= 4 is 5.96 Å². The highest BCUT2D eigenvalue weighted by Crippen LogP contribution is 2.24. The van der Waals surface area contributed by atoms with E-state index in [2.05, 4.69) is 61.7 Å². The summed E-state index contributed by atoms with van der Waals surface area (Å²) in [4.78, 5) is 4.81. The highest BCUT2D eigenvalue weighted by molar-refractivity contribution is 5.79. The van der Waals surface area contributed by atoms with Crippen LogP contribution in [-0.4, -0.2) is 38.8 Å². The highest BCUT2D eigenvalue weighted by atomic mass is 16.5. The van der Waals surface area contributed by atoms with Crippen LogP contribution in [0.3, 0.4) is 0 Å². The Balaban J connectivity index is 2.53. The third kappa shape index (κ3) is 8.34. The quantitative estimate of drug-likeness (QED) is 0.368. The van der Waals surface area contributed by atoms with E-state index in [-0.39, 0.29) is 0 Å². The van der Waals surface area contributed by atoms with Gasteiger partial charge in [-0.1, -0.05) is 44.2 Å². The lowest BCUT2D eigenvalue weighted by Gasteiger charge is -2.20. The molecule has 0 bridgehead atoms. The van der Waals surface area contributed by atoms with Crippen LogP contribution in [-0.2, 0) is 4.74 Å². The monoisotopic (exact) mass is 333 g/mol. The van der Waals surface area contributed by atoms with Crippen LogP contribution in [0.25, 0.3) is 0 Å². The molecule has 0 aromatic heterocycles. The molecule has 1 atom stereocenters. The predicted molar refractivity (Wildman–Crippen MR) is 104 cm³/mol. The average Bonchev–Trinajstić information content (AvgIpc) is 2.58. The van der Waals surface area contributed by atoms with Gasteiger partial charge in [-0.2, -0.15) is 0 Å². The molecule has 0 aliphatic carbocycles. The van der Waals surface area contributed by atoms with Gasteiger partial charge in [-0.25, -0.2) is 0 Å². The van der Waals surface area contributed by atoms with Crippen LogP contribution in [0.5, 0.6) is 0 Å². The van der Waals surface area contributed by atoms with E-state index in [1.807, 2.05) is 6.92 Å². The average molecular weight is 334 g/mol. The minimum absolute atomic E-state index is 0.444. The van der Waals surface area contributed by atoms with Crippen molar-refractivity contribution in [3.05, 3.63) is 35.9 Å². The number of nitrogens with zero attached hydrogens (tertiary/aromatic N) is 1. The summed E-state index contributed by atoms with van der Waals surface area (Å²) in [6, 6.07) is 10.7. The van der Waals surface area contributed by atoms with Crippen LogP contribution in [0.4, 0.5) is 0 Å². The zero-order valence-electron chi connectivity index (χ0n) is 15.8. The summed E-state index contributed by atoms with van der Waals surface area (Å²) in [5, 5.41) is 6.76. The molecule has 2 N–H and O–H groups in total. The van der Waals surface area contributed by atoms with E-state index >= 15 is 0 Å². The Kier molecular flexibility index (Phi) is 10.9. The molecule has 1 unspecified atom stereocenters. The second kappa shape index (κ2) is 12.8. The maximum Gasteiger partial charge on any atom is 0.191 e. The number of ether oxygens (including phenoxy) is 1. The molecule has 0 heterocycles. The van der Waals surface area contributed by atoms with Crippen molar-refractivity contribution < 1.29 is 4.74 Å². The summed E-state index contributed by atoms with van der Waals surface area (Å²) in [5.41, 5.74) is 1.36. The fourth-order valence-corrected chi connectivity index (χ4v) is 2.61. The van der Waals surface area contributed by atoms with Crippen LogP contribution in [0, 0.1) is 5.92 Å². The number of aliphatic imine (C=N–C) groups is 1. The van der Waals surface area contributed by atoms with E-state index in [0.717, 1.165) is 51.6 Å². The molecule has 0 radical (unpaired) electrons. The van der Waals surface area contributed by atoms with Crippen molar-refractivity contribution in [3.63, 3.8) is 0 Å². The number of guanidine groups is 1. The predicted octanol–water partition coefficient (Wildman–Crippen LogP) is 3.80. The lowest BCUT2D eigenvalue weighted by molar-refractivity contribution is 0.143. The lowest BCUT2D eigenvalue weighted by Crippen LogP contribution is -2.38. The summed E-state index contributed by atoms with van der Waals surface area (Å²) in [7, 11) is 0. The van der Waals surface area contributed by atoms with Crippen molar-refractivity contribution in [1.82, 2.24) is 10.6 Å². The SMILES string of the molecule is CCNC(=NCC(c1ccccc1)C(C)C)NCCCCOCC. The van der Waals surface area contributed by atoms with Gasteiger partial charge >= 0.3 is 0 Å². The minimum atomic E-state index is 0.444. The zero-order chi connectivity index (χ0) is 17.6. The molecule has 0 aliphatic heterocycles. The summed E-state index contributed by atoms with van der Waals surface area (Å²) in [6.45, 7) is 12.9. The molecule has 0 amide bonds. The summed E-state index contributed by atoms with van der Waals surface area (Å²) < 4.78 is 5.37. The van der Waals surface area contributed by atoms with Crippen molar-refractivity contribution in [2.45, 2.75) is 46.5 Å². The Bertz CT molecular complexity index is 445. The Morgan fingerprint density at radius 3 is 2.46 bits per heavy atom. The Hall–Kier alpha value is -1.55. The van der Waals surface area contributed by atoms with Gasteiger partial charge in [0, 0.05) is 38.8 Å². The number of hydrogen-bond donors (Lipinski definition) is 2. The van der Waals surface area contributed by atoms with E-state index in [1.54, 1.807) is 0 Å². The van der Waals surface area contributed by atoms with Gasteiger partial charge in [0.05, 0.1) is 0 Å². The van der Waals surface area contributed by atoms with Crippen molar-refractivity contribution in [3.8, 4) is 0 Å². The maximum atomic E-state index is 5.37. The van der Waals surface area contributed by atoms with Gasteiger partial charge in [0.1, 0.15) is 0 Å². The molecule has 4 heteroatoms. The number of rotatable bonds is 11. The smallest absolute Gasteiger partial charge is 0.191 e. The fourth-order valence-electron chi connectivity index (χ4n) is 2.61. The highest BCUT2D eigenvalue weighted by Gasteiger charge is 2.15. The van der Waals surface area contributed by atoms with Crippen molar-refractivity contribution in [1.29, 1.82) is 0 Å². The van der Waals surface area contributed by atoms with Crippen molar-refractivity contribution in [2.24, 2.45) is 10.9 Å². The molecule has 136 valence electrons. The van der Waals surface area contributed by atoms with Crippen LogP contribution >= 0.6 is 0 Å². The number of unbranched alkanes of at least 4 members (excludes halogenated alkanes) is 1. The number of benzene rings is 1. The van der Waals surface area contributed by atoms with Gasteiger partial charge in [0.15, 0.2) is 5.96 Å². The first-order valence-electron chi connectivity index (χ1n) is 9.33. The molecule has 24 heavy (non-hydrogen) atoms. The van der Waals surface area contributed by atoms with E-state index in [9.17, 15) is 0 Å². The van der Waals surface area contributed by atoms with Gasteiger partial charge in [0.2, 0.25) is 0 Å². The molecule has 1 aromatic carbocycles. The van der Waals surface area contributed by atoms with Crippen LogP contribution in [0.1, 0.15) is 52.0 Å². The van der Waals surface area contributed by atoms with Crippen molar-refractivity contribution in [2.75, 3.05) is 32.8 Å². The first-order chi connectivity index (χ1) is 11.7. The molecule has 1 aromatic rings. The number of nitrogens with one attached hydrogen (secondary N) is 2. The van der Waals surface area contributed by atoms with Gasteiger partial charge in [0.25, 0.3) is 0 Å². The van der Waals surface area contributed by atoms with E-state index in [0.29, 0.717) is 11.8 Å². The van der Waals surface area contributed by atoms with Gasteiger partial charge in [-0.05, 0) is 38.2 Å². The van der Waals surface area contributed by atoms with E-state index in [4.69, 9.17) is 9.73 Å². The molecule has 0 spiro atoms. The summed E-state index contributed by atoms with van der Waals surface area (Å²) in [5.74, 6) is 1.92. The van der Waals surface area contributed by atoms with E-state index < -0.39 is 0 Å². The summed E-state index contributed by atoms with van der Waals surface area (Å²) in [6.07, 6.45) is 2.18. The lowest BCUT2D eigenvalue weighted by atomic mass is 9.88. The molecule has 1 rings (SSSR count). The molecule has 0 saturated heterocycles. The standard InChI is InChI=1S/C20H35N3O/c1-5-21-20(22-14-10-11-15-24-6-2)23-16-19(17(3)4)18-12-8-7-9-13-18/h7-9,12-13,17,19H,5-6,10-11,14-16H2,1-4H3,(H2,21,22,23). The van der Waals surface area contributed by atoms with Crippen LogP contribution < -0.4 is 10.6 Å². The molecule has 0 fully saturated rings. The Morgan fingerprint density at radius 1 is 1.08 bits per heavy atom. The van der Waals surface area contributed by atoms with Gasteiger partial charge in [-0.3, -0.25) is 4.99 Å².